The van der Waals surface area contributed by atoms with Crippen molar-refractivity contribution in [1.82, 2.24) is 0 Å². The maximum absolute atomic E-state index is 6.04. The minimum absolute atomic E-state index is 0.0735. The zero-order chi connectivity index (χ0) is 13.7. The van der Waals surface area contributed by atoms with Crippen molar-refractivity contribution in [1.29, 1.82) is 0 Å². The van der Waals surface area contributed by atoms with Crippen LogP contribution >= 0.6 is 0 Å². The van der Waals surface area contributed by atoms with Gasteiger partial charge in [-0.3, -0.25) is 0 Å². The van der Waals surface area contributed by atoms with Crippen molar-refractivity contribution in [2.24, 2.45) is 5.73 Å². The fourth-order valence-corrected chi connectivity index (χ4v) is 2.34. The summed E-state index contributed by atoms with van der Waals surface area (Å²) in [4.78, 5) is 0. The van der Waals surface area contributed by atoms with Gasteiger partial charge in [0.15, 0.2) is 0 Å². The fraction of sp³-hybridized carbons (Fsp3) is 0.294. The largest absolute Gasteiger partial charge is 0.497 e. The highest BCUT2D eigenvalue weighted by Gasteiger charge is 2.25. The van der Waals surface area contributed by atoms with E-state index in [2.05, 4.69) is 43.3 Å². The summed E-state index contributed by atoms with van der Waals surface area (Å²) in [6.45, 7) is 2.81. The fourth-order valence-electron chi connectivity index (χ4n) is 2.34. The molecule has 0 aliphatic heterocycles. The van der Waals surface area contributed by atoms with Crippen LogP contribution < -0.4 is 10.5 Å². The van der Waals surface area contributed by atoms with Crippen molar-refractivity contribution in [2.45, 2.75) is 18.8 Å². The lowest BCUT2D eigenvalue weighted by Gasteiger charge is -2.29. The number of hydrogen-bond acceptors (Lipinski definition) is 2. The van der Waals surface area contributed by atoms with E-state index in [4.69, 9.17) is 10.5 Å². The first-order valence-electron chi connectivity index (χ1n) is 6.56. The van der Waals surface area contributed by atoms with E-state index in [-0.39, 0.29) is 5.41 Å². The van der Waals surface area contributed by atoms with Gasteiger partial charge in [-0.1, -0.05) is 49.4 Å². The highest BCUT2D eigenvalue weighted by atomic mass is 16.5. The molecule has 19 heavy (non-hydrogen) atoms. The molecule has 100 valence electrons. The van der Waals surface area contributed by atoms with Gasteiger partial charge in [-0.25, -0.2) is 0 Å². The Bertz CT molecular complexity index is 524. The van der Waals surface area contributed by atoms with Gasteiger partial charge >= 0.3 is 0 Å². The molecule has 0 spiro atoms. The van der Waals surface area contributed by atoms with E-state index in [0.29, 0.717) is 6.54 Å². The van der Waals surface area contributed by atoms with Gasteiger partial charge in [0.25, 0.3) is 0 Å². The van der Waals surface area contributed by atoms with Gasteiger partial charge in [-0.05, 0) is 29.7 Å². The predicted molar refractivity (Wildman–Crippen MR) is 79.5 cm³/mol. The molecular formula is C17H21NO. The Morgan fingerprint density at radius 3 is 2.42 bits per heavy atom. The van der Waals surface area contributed by atoms with Gasteiger partial charge in [0.1, 0.15) is 5.75 Å². The quantitative estimate of drug-likeness (QED) is 0.890. The van der Waals surface area contributed by atoms with E-state index in [0.717, 1.165) is 12.2 Å². The van der Waals surface area contributed by atoms with Crippen LogP contribution in [-0.2, 0) is 11.8 Å². The van der Waals surface area contributed by atoms with E-state index in [9.17, 15) is 0 Å². The minimum Gasteiger partial charge on any atom is -0.497 e. The molecule has 1 atom stereocenters. The van der Waals surface area contributed by atoms with Gasteiger partial charge in [0.05, 0.1) is 7.11 Å². The normalized spacial score (nSPS) is 13.8. The number of nitrogens with two attached hydrogens (primary N) is 1. The van der Waals surface area contributed by atoms with Crippen molar-refractivity contribution in [3.8, 4) is 5.75 Å². The molecule has 2 aromatic carbocycles. The Labute approximate surface area is 115 Å². The summed E-state index contributed by atoms with van der Waals surface area (Å²) in [5.74, 6) is 0.880. The molecule has 0 aromatic heterocycles. The summed E-state index contributed by atoms with van der Waals surface area (Å²) in [6, 6.07) is 18.6. The van der Waals surface area contributed by atoms with Gasteiger partial charge < -0.3 is 10.5 Å². The molecule has 0 radical (unpaired) electrons. The zero-order valence-electron chi connectivity index (χ0n) is 11.6. The van der Waals surface area contributed by atoms with Crippen LogP contribution in [0, 0.1) is 0 Å². The lowest BCUT2D eigenvalue weighted by Crippen LogP contribution is -2.34. The van der Waals surface area contributed by atoms with Crippen LogP contribution in [0.5, 0.6) is 5.75 Å². The Hall–Kier alpha value is -1.80. The Kier molecular flexibility index (Phi) is 4.23. The molecule has 0 amide bonds. The third kappa shape index (κ3) is 3.15. The first kappa shape index (κ1) is 13.6. The number of methoxy groups -OCH3 is 1. The average Bonchev–Trinajstić information content (AvgIpc) is 2.48. The number of hydrogen-bond donors (Lipinski definition) is 1. The van der Waals surface area contributed by atoms with Crippen molar-refractivity contribution in [3.63, 3.8) is 0 Å². The first-order chi connectivity index (χ1) is 9.18. The molecular weight excluding hydrogens is 234 g/mol. The zero-order valence-corrected chi connectivity index (χ0v) is 11.6. The first-order valence-corrected chi connectivity index (χ1v) is 6.56. The van der Waals surface area contributed by atoms with E-state index in [1.54, 1.807) is 7.11 Å². The summed E-state index contributed by atoms with van der Waals surface area (Å²) in [7, 11) is 1.69. The third-order valence-corrected chi connectivity index (χ3v) is 3.65. The van der Waals surface area contributed by atoms with Crippen LogP contribution in [0.15, 0.2) is 54.6 Å². The second-order valence-electron chi connectivity index (χ2n) is 5.16. The van der Waals surface area contributed by atoms with E-state index < -0.39 is 0 Å². The Morgan fingerprint density at radius 2 is 1.79 bits per heavy atom. The molecule has 0 aliphatic rings. The van der Waals surface area contributed by atoms with E-state index in [1.807, 2.05) is 18.2 Å². The molecule has 2 rings (SSSR count). The topological polar surface area (TPSA) is 35.2 Å². The number of benzene rings is 2. The molecule has 2 aromatic rings. The maximum atomic E-state index is 6.04. The van der Waals surface area contributed by atoms with Crippen LogP contribution in [0.25, 0.3) is 0 Å². The summed E-state index contributed by atoms with van der Waals surface area (Å²) < 4.78 is 5.30. The number of rotatable bonds is 5. The van der Waals surface area contributed by atoms with Gasteiger partial charge in [0, 0.05) is 12.0 Å². The highest BCUT2D eigenvalue weighted by molar-refractivity contribution is 5.35. The van der Waals surface area contributed by atoms with Crippen LogP contribution in [0.3, 0.4) is 0 Å². The van der Waals surface area contributed by atoms with Gasteiger partial charge in [-0.2, -0.15) is 0 Å². The summed E-state index contributed by atoms with van der Waals surface area (Å²) in [6.07, 6.45) is 0.928. The molecule has 0 heterocycles. The molecule has 2 N–H and O–H groups in total. The number of ether oxygens (including phenoxy) is 1. The molecule has 2 heteroatoms. The van der Waals surface area contributed by atoms with Crippen LogP contribution in [-0.4, -0.2) is 13.7 Å². The molecule has 1 unspecified atom stereocenters. The predicted octanol–water partition coefficient (Wildman–Crippen LogP) is 3.15. The molecule has 0 saturated heterocycles. The third-order valence-electron chi connectivity index (χ3n) is 3.65. The molecule has 0 saturated carbocycles. The molecule has 2 nitrogen and oxygen atoms in total. The molecule has 0 fully saturated rings. The maximum Gasteiger partial charge on any atom is 0.119 e. The summed E-state index contributed by atoms with van der Waals surface area (Å²) >= 11 is 0. The summed E-state index contributed by atoms with van der Waals surface area (Å²) in [5, 5.41) is 0. The SMILES string of the molecule is COc1cccc(C(C)(CN)Cc2ccccc2)c1. The Balaban J connectivity index is 2.30. The highest BCUT2D eigenvalue weighted by Crippen LogP contribution is 2.29. The van der Waals surface area contributed by atoms with Crippen molar-refractivity contribution >= 4 is 0 Å². The van der Waals surface area contributed by atoms with E-state index in [1.165, 1.54) is 11.1 Å². The smallest absolute Gasteiger partial charge is 0.119 e. The lowest BCUT2D eigenvalue weighted by atomic mass is 9.77. The second kappa shape index (κ2) is 5.89. The monoisotopic (exact) mass is 255 g/mol. The van der Waals surface area contributed by atoms with E-state index >= 15 is 0 Å². The van der Waals surface area contributed by atoms with Gasteiger partial charge in [-0.15, -0.1) is 0 Å². The van der Waals surface area contributed by atoms with Crippen molar-refractivity contribution in [3.05, 3.63) is 65.7 Å². The standard InChI is InChI=1S/C17H21NO/c1-17(13-18,12-14-7-4-3-5-8-14)15-9-6-10-16(11-15)19-2/h3-11H,12-13,18H2,1-2H3. The molecule has 0 bridgehead atoms. The van der Waals surface area contributed by atoms with Crippen LogP contribution in [0.2, 0.25) is 0 Å². The van der Waals surface area contributed by atoms with Crippen LogP contribution in [0.1, 0.15) is 18.1 Å². The minimum atomic E-state index is -0.0735. The molecule has 0 aliphatic carbocycles. The second-order valence-corrected chi connectivity index (χ2v) is 5.16. The van der Waals surface area contributed by atoms with Gasteiger partial charge in [0.2, 0.25) is 0 Å². The van der Waals surface area contributed by atoms with Crippen molar-refractivity contribution in [2.75, 3.05) is 13.7 Å². The van der Waals surface area contributed by atoms with Crippen LogP contribution in [0.4, 0.5) is 0 Å². The Morgan fingerprint density at radius 1 is 1.05 bits per heavy atom. The average molecular weight is 255 g/mol. The summed E-state index contributed by atoms with van der Waals surface area (Å²) in [5.41, 5.74) is 8.49. The lowest BCUT2D eigenvalue weighted by molar-refractivity contribution is 0.410. The van der Waals surface area contributed by atoms with Crippen molar-refractivity contribution < 1.29 is 4.74 Å².